The first-order valence-corrected chi connectivity index (χ1v) is 8.37. The SMILES string of the molecule is CC1=CC(=O)CC(C)(C)C1.CCCN(CCC)C(=O)OCC. The van der Waals surface area contributed by atoms with Gasteiger partial charge in [0.15, 0.2) is 5.78 Å². The van der Waals surface area contributed by atoms with Gasteiger partial charge in [-0.1, -0.05) is 33.3 Å². The van der Waals surface area contributed by atoms with Crippen molar-refractivity contribution in [2.75, 3.05) is 19.7 Å². The highest BCUT2D eigenvalue weighted by Crippen LogP contribution is 2.32. The third-order valence-corrected chi connectivity index (χ3v) is 3.33. The summed E-state index contributed by atoms with van der Waals surface area (Å²) in [6.45, 7) is 14.3. The second kappa shape index (κ2) is 10.4. The first kappa shape index (κ1) is 20.7. The molecule has 128 valence electrons. The van der Waals surface area contributed by atoms with Crippen LogP contribution in [0, 0.1) is 5.41 Å². The van der Waals surface area contributed by atoms with Gasteiger partial charge < -0.3 is 9.64 Å². The molecule has 0 N–H and O–H groups in total. The molecule has 1 rings (SSSR count). The maximum absolute atomic E-state index is 11.2. The predicted octanol–water partition coefficient (Wildman–Crippen LogP) is 4.59. The average molecular weight is 311 g/mol. The number of ether oxygens (including phenoxy) is 1. The maximum Gasteiger partial charge on any atom is 0.409 e. The quantitative estimate of drug-likeness (QED) is 0.746. The van der Waals surface area contributed by atoms with E-state index in [1.165, 1.54) is 5.57 Å². The van der Waals surface area contributed by atoms with E-state index in [0.29, 0.717) is 13.0 Å². The van der Waals surface area contributed by atoms with Gasteiger partial charge in [-0.3, -0.25) is 4.79 Å². The summed E-state index contributed by atoms with van der Waals surface area (Å²) < 4.78 is 4.90. The van der Waals surface area contributed by atoms with Gasteiger partial charge in [0.2, 0.25) is 0 Å². The molecule has 0 aromatic carbocycles. The van der Waals surface area contributed by atoms with Gasteiger partial charge in [-0.2, -0.15) is 0 Å². The van der Waals surface area contributed by atoms with Crippen LogP contribution in [0.15, 0.2) is 11.6 Å². The Kier molecular flexibility index (Phi) is 9.79. The zero-order valence-corrected chi connectivity index (χ0v) is 15.2. The van der Waals surface area contributed by atoms with Crippen LogP contribution in [0.5, 0.6) is 0 Å². The summed E-state index contributed by atoms with van der Waals surface area (Å²) in [5.74, 6) is 0.286. The van der Waals surface area contributed by atoms with Crippen LogP contribution in [0.1, 0.15) is 67.2 Å². The summed E-state index contributed by atoms with van der Waals surface area (Å²) >= 11 is 0. The van der Waals surface area contributed by atoms with Crippen molar-refractivity contribution in [2.24, 2.45) is 5.41 Å². The minimum absolute atomic E-state index is 0.179. The summed E-state index contributed by atoms with van der Waals surface area (Å²) in [4.78, 5) is 24.0. The van der Waals surface area contributed by atoms with E-state index in [2.05, 4.69) is 27.7 Å². The van der Waals surface area contributed by atoms with Crippen LogP contribution in [0.25, 0.3) is 0 Å². The van der Waals surface area contributed by atoms with Crippen molar-refractivity contribution >= 4 is 11.9 Å². The average Bonchev–Trinajstić information content (AvgIpc) is 2.36. The van der Waals surface area contributed by atoms with E-state index in [-0.39, 0.29) is 17.3 Å². The molecule has 0 heterocycles. The highest BCUT2D eigenvalue weighted by atomic mass is 16.6. The molecule has 0 aromatic heterocycles. The zero-order valence-electron chi connectivity index (χ0n) is 15.2. The lowest BCUT2D eigenvalue weighted by molar-refractivity contribution is -0.117. The fourth-order valence-corrected chi connectivity index (χ4v) is 2.71. The fourth-order valence-electron chi connectivity index (χ4n) is 2.71. The summed E-state index contributed by atoms with van der Waals surface area (Å²) in [5, 5.41) is 0. The minimum atomic E-state index is -0.179. The Labute approximate surface area is 135 Å². The molecular weight excluding hydrogens is 278 g/mol. The number of carbonyl (C=O) groups excluding carboxylic acids is 2. The van der Waals surface area contributed by atoms with E-state index in [1.54, 1.807) is 11.0 Å². The summed E-state index contributed by atoms with van der Waals surface area (Å²) in [7, 11) is 0. The molecule has 1 aliphatic carbocycles. The van der Waals surface area contributed by atoms with Crippen molar-refractivity contribution in [3.05, 3.63) is 11.6 Å². The molecule has 0 saturated heterocycles. The molecule has 0 aromatic rings. The maximum atomic E-state index is 11.2. The Bertz CT molecular complexity index is 380. The Morgan fingerprint density at radius 2 is 1.73 bits per heavy atom. The monoisotopic (exact) mass is 311 g/mol. The van der Waals surface area contributed by atoms with Crippen molar-refractivity contribution < 1.29 is 14.3 Å². The van der Waals surface area contributed by atoms with E-state index >= 15 is 0 Å². The Balaban J connectivity index is 0.000000406. The van der Waals surface area contributed by atoms with E-state index in [1.807, 2.05) is 13.8 Å². The number of amides is 1. The van der Waals surface area contributed by atoms with Gasteiger partial charge in [0.05, 0.1) is 6.61 Å². The van der Waals surface area contributed by atoms with Crippen LogP contribution in [-0.2, 0) is 9.53 Å². The van der Waals surface area contributed by atoms with E-state index in [0.717, 1.165) is 32.4 Å². The number of allylic oxidation sites excluding steroid dienone is 2. The van der Waals surface area contributed by atoms with E-state index in [9.17, 15) is 9.59 Å². The first-order valence-electron chi connectivity index (χ1n) is 8.37. The van der Waals surface area contributed by atoms with Crippen LogP contribution >= 0.6 is 0 Å². The fraction of sp³-hybridized carbons (Fsp3) is 0.778. The van der Waals surface area contributed by atoms with E-state index in [4.69, 9.17) is 4.74 Å². The molecule has 22 heavy (non-hydrogen) atoms. The second-order valence-corrected chi connectivity index (χ2v) is 6.66. The number of carbonyl (C=O) groups is 2. The lowest BCUT2D eigenvalue weighted by Gasteiger charge is -2.27. The first-order chi connectivity index (χ1) is 10.3. The molecule has 0 unspecified atom stereocenters. The minimum Gasteiger partial charge on any atom is -0.450 e. The van der Waals surface area contributed by atoms with Gasteiger partial charge >= 0.3 is 6.09 Å². The van der Waals surface area contributed by atoms with Gasteiger partial charge in [-0.05, 0) is 44.6 Å². The lowest BCUT2D eigenvalue weighted by atomic mass is 9.77. The normalized spacial score (nSPS) is 16.3. The molecule has 0 atom stereocenters. The molecule has 0 aliphatic heterocycles. The second-order valence-electron chi connectivity index (χ2n) is 6.66. The van der Waals surface area contributed by atoms with Gasteiger partial charge in [-0.15, -0.1) is 0 Å². The highest BCUT2D eigenvalue weighted by molar-refractivity contribution is 5.91. The Morgan fingerprint density at radius 1 is 1.18 bits per heavy atom. The predicted molar refractivity (Wildman–Crippen MR) is 91.0 cm³/mol. The standard InChI is InChI=1S/C9H19NO2.C9H14O/c1-4-7-10(8-5-2)9(11)12-6-3;1-7-4-8(10)6-9(2,3)5-7/h4-8H2,1-3H3;4H,5-6H2,1-3H3. The number of ketones is 1. The number of hydrogen-bond donors (Lipinski definition) is 0. The lowest BCUT2D eigenvalue weighted by Crippen LogP contribution is -2.32. The van der Waals surface area contributed by atoms with Crippen molar-refractivity contribution in [3.63, 3.8) is 0 Å². The molecule has 0 fully saturated rings. The third-order valence-electron chi connectivity index (χ3n) is 3.33. The van der Waals surface area contributed by atoms with Gasteiger partial charge in [0, 0.05) is 19.5 Å². The van der Waals surface area contributed by atoms with Crippen LogP contribution < -0.4 is 0 Å². The zero-order chi connectivity index (χ0) is 17.2. The highest BCUT2D eigenvalue weighted by Gasteiger charge is 2.25. The van der Waals surface area contributed by atoms with E-state index < -0.39 is 0 Å². The molecule has 4 heteroatoms. The van der Waals surface area contributed by atoms with Crippen LogP contribution in [-0.4, -0.2) is 36.5 Å². The summed E-state index contributed by atoms with van der Waals surface area (Å²) in [6, 6.07) is 0. The van der Waals surface area contributed by atoms with Crippen molar-refractivity contribution in [1.29, 1.82) is 0 Å². The molecule has 0 bridgehead atoms. The smallest absolute Gasteiger partial charge is 0.409 e. The molecular formula is C18H33NO3. The number of hydrogen-bond acceptors (Lipinski definition) is 3. The van der Waals surface area contributed by atoms with Crippen LogP contribution in [0.2, 0.25) is 0 Å². The van der Waals surface area contributed by atoms with Crippen LogP contribution in [0.4, 0.5) is 4.79 Å². The number of rotatable bonds is 5. The van der Waals surface area contributed by atoms with Crippen molar-refractivity contribution in [2.45, 2.75) is 67.2 Å². The topological polar surface area (TPSA) is 46.6 Å². The van der Waals surface area contributed by atoms with Crippen molar-refractivity contribution in [1.82, 2.24) is 4.90 Å². The van der Waals surface area contributed by atoms with Gasteiger partial charge in [0.25, 0.3) is 0 Å². The molecule has 0 spiro atoms. The number of nitrogens with zero attached hydrogens (tertiary/aromatic N) is 1. The molecule has 1 aliphatic rings. The summed E-state index contributed by atoms with van der Waals surface area (Å²) in [6.07, 6.45) is 5.34. The Hall–Kier alpha value is -1.32. The third kappa shape index (κ3) is 8.85. The Morgan fingerprint density at radius 3 is 2.09 bits per heavy atom. The molecule has 0 saturated carbocycles. The molecule has 0 radical (unpaired) electrons. The molecule has 4 nitrogen and oxygen atoms in total. The largest absolute Gasteiger partial charge is 0.450 e. The summed E-state index contributed by atoms with van der Waals surface area (Å²) in [5.41, 5.74) is 1.43. The molecule has 1 amide bonds. The van der Waals surface area contributed by atoms with Crippen molar-refractivity contribution in [3.8, 4) is 0 Å². The van der Waals surface area contributed by atoms with Gasteiger partial charge in [0.1, 0.15) is 0 Å². The van der Waals surface area contributed by atoms with Crippen LogP contribution in [0.3, 0.4) is 0 Å². The van der Waals surface area contributed by atoms with Gasteiger partial charge in [-0.25, -0.2) is 4.79 Å².